The molecule has 2 aromatic rings. The average Bonchev–Trinajstić information content (AvgIpc) is 3.22. The van der Waals surface area contributed by atoms with Crippen LogP contribution in [0.15, 0.2) is 29.8 Å². The van der Waals surface area contributed by atoms with Crippen molar-refractivity contribution in [2.75, 3.05) is 50.6 Å². The Balaban J connectivity index is 1.57. The highest BCUT2D eigenvalue weighted by Gasteiger charge is 2.26. The molecule has 0 spiro atoms. The van der Waals surface area contributed by atoms with Crippen LogP contribution in [-0.2, 0) is 4.79 Å². The molecule has 2 heterocycles. The minimum Gasteiger partial charge on any atom is -0.493 e. The highest BCUT2D eigenvalue weighted by Crippen LogP contribution is 2.30. The van der Waals surface area contributed by atoms with Crippen LogP contribution < -0.4 is 19.7 Å². The summed E-state index contributed by atoms with van der Waals surface area (Å²) in [6.07, 6.45) is 1.82. The number of rotatable bonds is 6. The van der Waals surface area contributed by atoms with Crippen molar-refractivity contribution in [3.63, 3.8) is 0 Å². The second kappa shape index (κ2) is 8.37. The summed E-state index contributed by atoms with van der Waals surface area (Å²) in [7, 11) is 3.16. The highest BCUT2D eigenvalue weighted by molar-refractivity contribution is 7.13. The zero-order valence-electron chi connectivity index (χ0n) is 15.3. The first kappa shape index (κ1) is 18.5. The van der Waals surface area contributed by atoms with E-state index in [1.165, 1.54) is 0 Å². The predicted molar refractivity (Wildman–Crippen MR) is 104 cm³/mol. The third kappa shape index (κ3) is 4.08. The molecule has 1 aliphatic heterocycles. The third-order valence-electron chi connectivity index (χ3n) is 4.58. The summed E-state index contributed by atoms with van der Waals surface area (Å²) < 4.78 is 10.5. The van der Waals surface area contributed by atoms with E-state index in [9.17, 15) is 4.79 Å². The molecule has 26 heavy (non-hydrogen) atoms. The van der Waals surface area contributed by atoms with Crippen molar-refractivity contribution in [2.45, 2.75) is 13.0 Å². The quantitative estimate of drug-likeness (QED) is 0.835. The van der Waals surface area contributed by atoms with Crippen molar-refractivity contribution in [1.82, 2.24) is 9.88 Å². The zero-order valence-corrected chi connectivity index (χ0v) is 16.1. The molecule has 1 unspecified atom stereocenters. The fourth-order valence-corrected chi connectivity index (χ4v) is 3.70. The van der Waals surface area contributed by atoms with E-state index in [0.29, 0.717) is 17.2 Å². The number of piperazine rings is 1. The molecule has 8 heteroatoms. The third-order valence-corrected chi connectivity index (χ3v) is 5.41. The predicted octanol–water partition coefficient (Wildman–Crippen LogP) is 2.31. The zero-order chi connectivity index (χ0) is 18.5. The van der Waals surface area contributed by atoms with Crippen molar-refractivity contribution in [2.24, 2.45) is 0 Å². The fraction of sp³-hybridized carbons (Fsp3) is 0.444. The van der Waals surface area contributed by atoms with Crippen LogP contribution in [0.3, 0.4) is 0 Å². The molecule has 0 aliphatic carbocycles. The van der Waals surface area contributed by atoms with Gasteiger partial charge < -0.3 is 19.7 Å². The molecule has 1 amide bonds. The molecule has 140 valence electrons. The van der Waals surface area contributed by atoms with Gasteiger partial charge in [0.1, 0.15) is 0 Å². The molecule has 1 aromatic heterocycles. The van der Waals surface area contributed by atoms with Crippen molar-refractivity contribution >= 4 is 28.1 Å². The number of anilines is 2. The number of hydrogen-bond donors (Lipinski definition) is 1. The Bertz CT molecular complexity index is 730. The van der Waals surface area contributed by atoms with Crippen LogP contribution >= 0.6 is 11.3 Å². The standard InChI is InChI=1S/C18H24N4O3S/c1-13(21-7-9-22(10-8-21)18-19-6-11-26-18)17(23)20-14-4-5-15(24-2)16(12-14)25-3/h4-6,11-13H,7-10H2,1-3H3,(H,20,23). The molecular weight excluding hydrogens is 352 g/mol. The van der Waals surface area contributed by atoms with Gasteiger partial charge in [-0.1, -0.05) is 0 Å². The van der Waals surface area contributed by atoms with E-state index >= 15 is 0 Å². The Morgan fingerprint density at radius 3 is 2.54 bits per heavy atom. The van der Waals surface area contributed by atoms with Crippen LogP contribution in [0.1, 0.15) is 6.92 Å². The second-order valence-corrected chi connectivity index (χ2v) is 6.95. The van der Waals surface area contributed by atoms with Crippen molar-refractivity contribution in [1.29, 1.82) is 0 Å². The van der Waals surface area contributed by atoms with E-state index in [1.54, 1.807) is 37.7 Å². The summed E-state index contributed by atoms with van der Waals surface area (Å²) in [4.78, 5) is 21.4. The van der Waals surface area contributed by atoms with Crippen molar-refractivity contribution in [3.8, 4) is 11.5 Å². The monoisotopic (exact) mass is 376 g/mol. The van der Waals surface area contributed by atoms with E-state index in [1.807, 2.05) is 24.6 Å². The van der Waals surface area contributed by atoms with E-state index in [-0.39, 0.29) is 11.9 Å². The minimum absolute atomic E-state index is 0.0279. The van der Waals surface area contributed by atoms with Gasteiger partial charge in [0.05, 0.1) is 20.3 Å². The van der Waals surface area contributed by atoms with Crippen LogP contribution in [0.5, 0.6) is 11.5 Å². The summed E-state index contributed by atoms with van der Waals surface area (Å²) >= 11 is 1.65. The summed E-state index contributed by atoms with van der Waals surface area (Å²) in [5.74, 6) is 1.20. The Hall–Kier alpha value is -2.32. The first-order valence-electron chi connectivity index (χ1n) is 8.53. The lowest BCUT2D eigenvalue weighted by molar-refractivity contribution is -0.120. The lowest BCUT2D eigenvalue weighted by Gasteiger charge is -2.37. The second-order valence-electron chi connectivity index (χ2n) is 6.07. The molecule has 1 aromatic carbocycles. The summed E-state index contributed by atoms with van der Waals surface area (Å²) in [5, 5.41) is 6.00. The SMILES string of the molecule is COc1ccc(NC(=O)C(C)N2CCN(c3nccs3)CC2)cc1OC. The first-order valence-corrected chi connectivity index (χ1v) is 9.41. The first-order chi connectivity index (χ1) is 12.6. The van der Waals surface area contributed by atoms with Gasteiger partial charge in [0.2, 0.25) is 5.91 Å². The molecule has 7 nitrogen and oxygen atoms in total. The lowest BCUT2D eigenvalue weighted by Crippen LogP contribution is -2.52. The maximum absolute atomic E-state index is 12.6. The number of carbonyl (C=O) groups excluding carboxylic acids is 1. The van der Waals surface area contributed by atoms with Crippen LogP contribution in [0.4, 0.5) is 10.8 Å². The normalized spacial score (nSPS) is 16.2. The number of thiazole rings is 1. The van der Waals surface area contributed by atoms with Crippen molar-refractivity contribution < 1.29 is 14.3 Å². The number of nitrogens with zero attached hydrogens (tertiary/aromatic N) is 3. The van der Waals surface area contributed by atoms with Gasteiger partial charge >= 0.3 is 0 Å². The maximum atomic E-state index is 12.6. The molecule has 1 N–H and O–H groups in total. The molecule has 0 radical (unpaired) electrons. The van der Waals surface area contributed by atoms with Gasteiger partial charge in [0.25, 0.3) is 0 Å². The minimum atomic E-state index is -0.207. The van der Waals surface area contributed by atoms with E-state index in [0.717, 1.165) is 31.3 Å². The van der Waals surface area contributed by atoms with Crippen LogP contribution in [-0.4, -0.2) is 62.2 Å². The Labute approximate surface area is 157 Å². The molecule has 1 aliphatic rings. The molecule has 0 saturated carbocycles. The number of nitrogens with one attached hydrogen (secondary N) is 1. The molecule has 3 rings (SSSR count). The topological polar surface area (TPSA) is 66.9 Å². The van der Waals surface area contributed by atoms with Gasteiger partial charge in [-0.3, -0.25) is 9.69 Å². The molecule has 1 atom stereocenters. The lowest BCUT2D eigenvalue weighted by atomic mass is 10.2. The number of amides is 1. The number of ether oxygens (including phenoxy) is 2. The van der Waals surface area contributed by atoms with Gasteiger partial charge in [-0.05, 0) is 19.1 Å². The van der Waals surface area contributed by atoms with Gasteiger partial charge in [-0.2, -0.15) is 0 Å². The molecule has 1 fully saturated rings. The highest BCUT2D eigenvalue weighted by atomic mass is 32.1. The Kier molecular flexibility index (Phi) is 5.95. The largest absolute Gasteiger partial charge is 0.493 e. The van der Waals surface area contributed by atoms with E-state index in [4.69, 9.17) is 9.47 Å². The van der Waals surface area contributed by atoms with Crippen molar-refractivity contribution in [3.05, 3.63) is 29.8 Å². The number of methoxy groups -OCH3 is 2. The van der Waals surface area contributed by atoms with E-state index < -0.39 is 0 Å². The molecule has 0 bridgehead atoms. The van der Waals surface area contributed by atoms with Crippen LogP contribution in [0.2, 0.25) is 0 Å². The van der Waals surface area contributed by atoms with Gasteiger partial charge in [0.15, 0.2) is 16.6 Å². The van der Waals surface area contributed by atoms with Gasteiger partial charge in [0, 0.05) is 49.5 Å². The summed E-state index contributed by atoms with van der Waals surface area (Å²) in [5.41, 5.74) is 0.695. The Morgan fingerprint density at radius 1 is 1.19 bits per heavy atom. The maximum Gasteiger partial charge on any atom is 0.241 e. The van der Waals surface area contributed by atoms with E-state index in [2.05, 4.69) is 20.1 Å². The number of hydrogen-bond acceptors (Lipinski definition) is 7. The number of carbonyl (C=O) groups is 1. The molecule has 1 saturated heterocycles. The van der Waals surface area contributed by atoms with Gasteiger partial charge in [-0.25, -0.2) is 4.98 Å². The average molecular weight is 376 g/mol. The van der Waals surface area contributed by atoms with Gasteiger partial charge in [-0.15, -0.1) is 11.3 Å². The summed E-state index contributed by atoms with van der Waals surface area (Å²) in [6, 6.07) is 5.16. The molecular formula is C18H24N4O3S. The van der Waals surface area contributed by atoms with Crippen LogP contribution in [0.25, 0.3) is 0 Å². The number of benzene rings is 1. The van der Waals surface area contributed by atoms with Crippen LogP contribution in [0, 0.1) is 0 Å². The fourth-order valence-electron chi connectivity index (χ4n) is 3.00. The summed E-state index contributed by atoms with van der Waals surface area (Å²) in [6.45, 7) is 5.36. The Morgan fingerprint density at radius 2 is 1.92 bits per heavy atom. The smallest absolute Gasteiger partial charge is 0.241 e. The number of aromatic nitrogens is 1.